The smallest absolute Gasteiger partial charge is 0.247 e. The van der Waals surface area contributed by atoms with Crippen molar-refractivity contribution in [3.63, 3.8) is 0 Å². The molecule has 1 aromatic heterocycles. The minimum Gasteiger partial charge on any atom is -0.494 e. The predicted octanol–water partition coefficient (Wildman–Crippen LogP) is 6.71. The van der Waals surface area contributed by atoms with Crippen LogP contribution in [0.4, 0.5) is 28.7 Å². The first kappa shape index (κ1) is 38.7. The maximum atomic E-state index is 12.7. The molecule has 13 nitrogen and oxygen atoms in total. The van der Waals surface area contributed by atoms with Crippen LogP contribution in [0.5, 0.6) is 17.2 Å². The molecule has 13 heteroatoms. The topological polar surface area (TPSA) is 111 Å². The minimum absolute atomic E-state index is 0.0698. The highest BCUT2D eigenvalue weighted by Crippen LogP contribution is 2.41. The number of benzene rings is 3. The summed E-state index contributed by atoms with van der Waals surface area (Å²) in [6.45, 7) is 13.1. The van der Waals surface area contributed by atoms with Crippen LogP contribution in [0, 0.1) is 0 Å². The van der Waals surface area contributed by atoms with Gasteiger partial charge in [0.05, 0.1) is 36.8 Å². The molecule has 5 heterocycles. The van der Waals surface area contributed by atoms with Gasteiger partial charge in [0.2, 0.25) is 5.91 Å². The molecule has 3 aromatic carbocycles. The molecule has 0 saturated carbocycles. The molecule has 1 amide bonds. The molecule has 0 unspecified atom stereocenters. The fraction of sp³-hybridized carbons (Fsp3) is 0.432. The summed E-state index contributed by atoms with van der Waals surface area (Å²) in [5.41, 5.74) is 3.33. The Morgan fingerprint density at radius 3 is 2.26 bits per heavy atom. The molecule has 57 heavy (non-hydrogen) atoms. The number of ether oxygens (including phenoxy) is 2. The second-order valence-corrected chi connectivity index (χ2v) is 15.4. The minimum atomic E-state index is -0.273. The molecule has 8 rings (SSSR count). The van der Waals surface area contributed by atoms with Crippen molar-refractivity contribution in [2.24, 2.45) is 0 Å². The van der Waals surface area contributed by atoms with Crippen molar-refractivity contribution in [2.45, 2.75) is 50.2 Å². The van der Waals surface area contributed by atoms with E-state index in [0.717, 1.165) is 55.1 Å². The van der Waals surface area contributed by atoms with Gasteiger partial charge in [-0.05, 0) is 87.8 Å². The van der Waals surface area contributed by atoms with Crippen LogP contribution in [0.1, 0.15) is 43.7 Å². The number of hydroxylamine groups is 1. The van der Waals surface area contributed by atoms with Gasteiger partial charge in [-0.25, -0.2) is 15.0 Å². The zero-order chi connectivity index (χ0) is 39.1. The van der Waals surface area contributed by atoms with Gasteiger partial charge in [-0.2, -0.15) is 0 Å². The Balaban J connectivity index is 0.946. The van der Waals surface area contributed by atoms with Gasteiger partial charge in [0.1, 0.15) is 29.4 Å². The monoisotopic (exact) mass is 773 g/mol. The summed E-state index contributed by atoms with van der Waals surface area (Å²) in [5, 5.41) is 8.33. The van der Waals surface area contributed by atoms with E-state index in [1.54, 1.807) is 7.11 Å². The Morgan fingerprint density at radius 1 is 0.807 bits per heavy atom. The van der Waals surface area contributed by atoms with Crippen LogP contribution in [0.15, 0.2) is 91.8 Å². The van der Waals surface area contributed by atoms with E-state index < -0.39 is 0 Å². The van der Waals surface area contributed by atoms with Crippen molar-refractivity contribution in [1.29, 1.82) is 0 Å². The molecular formula is C44H55N9O4. The number of nitrogens with one attached hydrogen (secondary N) is 2. The van der Waals surface area contributed by atoms with Gasteiger partial charge in [0.25, 0.3) is 0 Å². The van der Waals surface area contributed by atoms with Crippen molar-refractivity contribution in [1.82, 2.24) is 24.7 Å². The van der Waals surface area contributed by atoms with E-state index in [9.17, 15) is 4.79 Å². The van der Waals surface area contributed by atoms with Crippen molar-refractivity contribution in [2.75, 3.05) is 93.7 Å². The molecule has 4 aliphatic rings. The summed E-state index contributed by atoms with van der Waals surface area (Å²) < 4.78 is 12.1. The first-order chi connectivity index (χ1) is 27.9. The first-order valence-corrected chi connectivity index (χ1v) is 20.3. The van der Waals surface area contributed by atoms with E-state index in [-0.39, 0.29) is 11.9 Å². The molecular weight excluding hydrogens is 719 g/mol. The van der Waals surface area contributed by atoms with E-state index in [1.807, 2.05) is 71.8 Å². The van der Waals surface area contributed by atoms with Crippen LogP contribution in [0.2, 0.25) is 0 Å². The van der Waals surface area contributed by atoms with Gasteiger partial charge in [0, 0.05) is 69.9 Å². The number of hydrogen-bond donors (Lipinski definition) is 2. The maximum Gasteiger partial charge on any atom is 0.247 e. The van der Waals surface area contributed by atoms with Crippen LogP contribution >= 0.6 is 0 Å². The van der Waals surface area contributed by atoms with Gasteiger partial charge >= 0.3 is 0 Å². The zero-order valence-corrected chi connectivity index (χ0v) is 33.2. The zero-order valence-electron chi connectivity index (χ0n) is 33.2. The highest BCUT2D eigenvalue weighted by atomic mass is 16.7. The molecule has 2 N–H and O–H groups in total. The Labute approximate surface area is 336 Å². The number of hydrogen-bond acceptors (Lipinski definition) is 12. The third kappa shape index (κ3) is 9.18. The predicted molar refractivity (Wildman–Crippen MR) is 225 cm³/mol. The van der Waals surface area contributed by atoms with Gasteiger partial charge in [-0.1, -0.05) is 36.9 Å². The SMILES string of the molecule is C=CC(=O)Nc1cc(Nc2cc(N3OCC[C@@H]3c3cccc(Oc4ccccc4)c3)ncn2)c(OC)cc1N1CCC(N2CCC(N3CCN(C)CC3)CC2)CC1. The number of piperazine rings is 1. The number of likely N-dealkylation sites (tertiary alicyclic amines) is 1. The van der Waals surface area contributed by atoms with Crippen molar-refractivity contribution < 1.29 is 19.1 Å². The number of likely N-dealkylation sites (N-methyl/N-ethyl adjacent to an activating group) is 1. The summed E-state index contributed by atoms with van der Waals surface area (Å²) in [5.74, 6) is 3.08. The number of anilines is 5. The molecule has 4 fully saturated rings. The summed E-state index contributed by atoms with van der Waals surface area (Å²) in [6.07, 6.45) is 8.26. The summed E-state index contributed by atoms with van der Waals surface area (Å²) >= 11 is 0. The highest BCUT2D eigenvalue weighted by Gasteiger charge is 2.33. The summed E-state index contributed by atoms with van der Waals surface area (Å²) in [7, 11) is 3.89. The van der Waals surface area contributed by atoms with Gasteiger partial charge < -0.3 is 34.8 Å². The van der Waals surface area contributed by atoms with E-state index in [0.29, 0.717) is 47.5 Å². The van der Waals surface area contributed by atoms with E-state index in [2.05, 4.69) is 59.9 Å². The molecule has 1 atom stereocenters. The molecule has 0 bridgehead atoms. The number of piperidine rings is 2. The molecule has 4 saturated heterocycles. The van der Waals surface area contributed by atoms with Gasteiger partial charge in [-0.3, -0.25) is 14.5 Å². The molecule has 0 aliphatic carbocycles. The lowest BCUT2D eigenvalue weighted by Crippen LogP contribution is -2.54. The van der Waals surface area contributed by atoms with Gasteiger partial charge in [0.15, 0.2) is 5.82 Å². The quantitative estimate of drug-likeness (QED) is 0.149. The normalized spacial score (nSPS) is 20.4. The number of carbonyl (C=O) groups excluding carboxylic acids is 1. The number of para-hydroxylation sites is 1. The van der Waals surface area contributed by atoms with Crippen LogP contribution in [0.3, 0.4) is 0 Å². The van der Waals surface area contributed by atoms with Crippen molar-refractivity contribution in [3.05, 3.63) is 97.3 Å². The van der Waals surface area contributed by atoms with Crippen molar-refractivity contribution >= 4 is 34.6 Å². The Hall–Kier alpha value is -5.21. The van der Waals surface area contributed by atoms with Crippen LogP contribution in [-0.2, 0) is 9.63 Å². The fourth-order valence-electron chi connectivity index (χ4n) is 8.74. The second kappa shape index (κ2) is 17.9. The Bertz CT molecular complexity index is 1980. The first-order valence-electron chi connectivity index (χ1n) is 20.3. The number of carbonyl (C=O) groups is 1. The fourth-order valence-corrected chi connectivity index (χ4v) is 8.74. The van der Waals surface area contributed by atoms with E-state index in [4.69, 9.17) is 14.3 Å². The molecule has 4 aliphatic heterocycles. The molecule has 4 aromatic rings. The third-order valence-electron chi connectivity index (χ3n) is 11.9. The Kier molecular flexibility index (Phi) is 12.2. The molecule has 0 radical (unpaired) electrons. The van der Waals surface area contributed by atoms with E-state index >= 15 is 0 Å². The average Bonchev–Trinajstić information content (AvgIpc) is 3.75. The number of methoxy groups -OCH3 is 1. The number of aromatic nitrogens is 2. The second-order valence-electron chi connectivity index (χ2n) is 15.4. The van der Waals surface area contributed by atoms with Crippen LogP contribution in [-0.4, -0.2) is 116 Å². The van der Waals surface area contributed by atoms with Crippen LogP contribution in [0.25, 0.3) is 0 Å². The number of nitrogens with zero attached hydrogens (tertiary/aromatic N) is 7. The largest absolute Gasteiger partial charge is 0.494 e. The highest BCUT2D eigenvalue weighted by molar-refractivity contribution is 6.02. The number of amides is 1. The van der Waals surface area contributed by atoms with E-state index in [1.165, 1.54) is 64.5 Å². The standard InChI is InChI=1S/C44H55N9O4/c1-4-44(54)48-37-28-38(41(55-3)29-40(37)52-20-15-33(16-21-52)50-18-13-34(14-19-50)51-24-22-49(2)23-25-51)47-42-30-43(46-31-45-42)53-39(17-26-56-53)32-9-8-12-36(27-32)57-35-10-6-5-7-11-35/h4-12,27-31,33-34,39H,1,13-26H2,2-3H3,(H,48,54)(H,45,46,47)/t39-/m1/s1. The molecule has 300 valence electrons. The summed E-state index contributed by atoms with van der Waals surface area (Å²) in [4.78, 5) is 38.3. The molecule has 0 spiro atoms. The van der Waals surface area contributed by atoms with Crippen molar-refractivity contribution in [3.8, 4) is 17.2 Å². The summed E-state index contributed by atoms with van der Waals surface area (Å²) in [6, 6.07) is 24.8. The van der Waals surface area contributed by atoms with Crippen LogP contribution < -0.4 is 30.1 Å². The average molecular weight is 774 g/mol. The lowest BCUT2D eigenvalue weighted by Gasteiger charge is -2.46. The maximum absolute atomic E-state index is 12.7. The third-order valence-corrected chi connectivity index (χ3v) is 11.9. The Morgan fingerprint density at radius 2 is 1.53 bits per heavy atom. The lowest BCUT2D eigenvalue weighted by atomic mass is 9.96. The lowest BCUT2D eigenvalue weighted by molar-refractivity contribution is -0.111. The number of rotatable bonds is 12. The van der Waals surface area contributed by atoms with Gasteiger partial charge in [-0.15, -0.1) is 0 Å².